The molecule has 4 rings (SSSR count). The van der Waals surface area contributed by atoms with E-state index in [2.05, 4.69) is 0 Å². The van der Waals surface area contributed by atoms with Gasteiger partial charge in [-0.15, -0.1) is 11.3 Å². The van der Waals surface area contributed by atoms with Crippen LogP contribution in [0.4, 0.5) is 0 Å². The zero-order chi connectivity index (χ0) is 21.3. The first-order valence-corrected chi connectivity index (χ1v) is 12.2. The number of benzene rings is 2. The summed E-state index contributed by atoms with van der Waals surface area (Å²) in [7, 11) is -1.94. The number of nitrogens with zero attached hydrogens (tertiary/aromatic N) is 2. The maximum atomic E-state index is 13.3. The van der Waals surface area contributed by atoms with Gasteiger partial charge in [0, 0.05) is 30.6 Å². The van der Waals surface area contributed by atoms with E-state index >= 15 is 0 Å². The Hall–Kier alpha value is -2.48. The second-order valence-corrected chi connectivity index (χ2v) is 10.4. The predicted molar refractivity (Wildman–Crippen MR) is 119 cm³/mol. The fraction of sp³-hybridized carbons (Fsp3) is 0.261. The molecule has 1 atom stereocenters. The average molecular weight is 441 g/mol. The van der Waals surface area contributed by atoms with Crippen molar-refractivity contribution in [2.24, 2.45) is 0 Å². The molecule has 7 heteroatoms. The molecule has 1 unspecified atom stereocenters. The Bertz CT molecular complexity index is 1160. The normalized spacial score (nSPS) is 15.4. The van der Waals surface area contributed by atoms with E-state index in [1.807, 2.05) is 48.7 Å². The number of amides is 1. The van der Waals surface area contributed by atoms with E-state index in [9.17, 15) is 13.2 Å². The lowest BCUT2D eigenvalue weighted by Gasteiger charge is -2.28. The van der Waals surface area contributed by atoms with E-state index in [1.54, 1.807) is 41.5 Å². The van der Waals surface area contributed by atoms with Crippen LogP contribution in [0.3, 0.4) is 0 Å². The van der Waals surface area contributed by atoms with E-state index in [0.717, 1.165) is 10.4 Å². The minimum absolute atomic E-state index is 0.0867. The molecule has 0 saturated carbocycles. The first kappa shape index (κ1) is 20.8. The summed E-state index contributed by atoms with van der Waals surface area (Å²) in [6.45, 7) is 2.76. The van der Waals surface area contributed by atoms with Crippen molar-refractivity contribution in [2.45, 2.75) is 30.8 Å². The Balaban J connectivity index is 1.57. The van der Waals surface area contributed by atoms with Crippen LogP contribution >= 0.6 is 11.3 Å². The molecule has 1 aromatic heterocycles. The number of carbonyl (C=O) groups excluding carboxylic acids is 1. The molecule has 156 valence electrons. The van der Waals surface area contributed by atoms with Crippen molar-refractivity contribution in [3.05, 3.63) is 87.6 Å². The van der Waals surface area contributed by atoms with Crippen LogP contribution in [-0.2, 0) is 23.0 Å². The van der Waals surface area contributed by atoms with Gasteiger partial charge in [0.2, 0.25) is 10.0 Å². The lowest BCUT2D eigenvalue weighted by molar-refractivity contribution is 0.0744. The number of hydrogen-bond donors (Lipinski definition) is 0. The zero-order valence-corrected chi connectivity index (χ0v) is 18.6. The van der Waals surface area contributed by atoms with Crippen LogP contribution in [0.1, 0.15) is 39.3 Å². The third kappa shape index (κ3) is 3.93. The van der Waals surface area contributed by atoms with E-state index in [1.165, 1.54) is 15.9 Å². The van der Waals surface area contributed by atoms with Crippen LogP contribution in [-0.4, -0.2) is 37.1 Å². The molecule has 1 aliphatic rings. The fourth-order valence-electron chi connectivity index (χ4n) is 3.71. The molecule has 0 N–H and O–H groups in total. The minimum Gasteiger partial charge on any atom is -0.334 e. The summed E-state index contributed by atoms with van der Waals surface area (Å²) < 4.78 is 28.0. The molecule has 0 aliphatic carbocycles. The van der Waals surface area contributed by atoms with Crippen molar-refractivity contribution in [1.29, 1.82) is 0 Å². The number of hydrogen-bond acceptors (Lipinski definition) is 4. The fourth-order valence-corrected chi connectivity index (χ4v) is 6.00. The van der Waals surface area contributed by atoms with Crippen LogP contribution in [0.2, 0.25) is 0 Å². The van der Waals surface area contributed by atoms with E-state index in [-0.39, 0.29) is 16.8 Å². The number of rotatable bonds is 5. The van der Waals surface area contributed by atoms with Crippen molar-refractivity contribution in [2.75, 3.05) is 13.6 Å². The Morgan fingerprint density at radius 1 is 1.07 bits per heavy atom. The van der Waals surface area contributed by atoms with Crippen molar-refractivity contribution >= 4 is 27.3 Å². The predicted octanol–water partition coefficient (Wildman–Crippen LogP) is 4.33. The molecule has 0 bridgehead atoms. The van der Waals surface area contributed by atoms with Crippen LogP contribution in [0.5, 0.6) is 0 Å². The number of carbonyl (C=O) groups is 1. The van der Waals surface area contributed by atoms with Crippen molar-refractivity contribution in [3.63, 3.8) is 0 Å². The van der Waals surface area contributed by atoms with E-state index in [0.29, 0.717) is 25.1 Å². The third-order valence-electron chi connectivity index (χ3n) is 5.67. The second-order valence-electron chi connectivity index (χ2n) is 7.49. The summed E-state index contributed by atoms with van der Waals surface area (Å²) in [6, 6.07) is 18.2. The molecule has 1 aliphatic heterocycles. The van der Waals surface area contributed by atoms with Crippen molar-refractivity contribution in [3.8, 4) is 0 Å². The van der Waals surface area contributed by atoms with Gasteiger partial charge in [0.25, 0.3) is 5.91 Å². The Kier molecular flexibility index (Phi) is 5.77. The van der Waals surface area contributed by atoms with Crippen LogP contribution in [0.25, 0.3) is 0 Å². The zero-order valence-electron chi connectivity index (χ0n) is 17.0. The average Bonchev–Trinajstić information content (AvgIpc) is 3.32. The van der Waals surface area contributed by atoms with Gasteiger partial charge in [0.1, 0.15) is 0 Å². The summed E-state index contributed by atoms with van der Waals surface area (Å²) >= 11 is 1.60. The second kappa shape index (κ2) is 8.34. The standard InChI is InChI=1S/C23H24N2O3S2/c1-17(22-11-6-14-29-22)24(2)23(26)19-9-5-10-21(15-19)30(27,28)25-13-12-18-7-3-4-8-20(18)16-25/h3-11,14-15,17H,12-13,16H2,1-2H3. The summed E-state index contributed by atoms with van der Waals surface area (Å²) in [4.78, 5) is 15.9. The molecule has 5 nitrogen and oxygen atoms in total. The molecular formula is C23H24N2O3S2. The van der Waals surface area contributed by atoms with Gasteiger partial charge in [-0.25, -0.2) is 8.42 Å². The van der Waals surface area contributed by atoms with Crippen LogP contribution in [0, 0.1) is 0 Å². The highest BCUT2D eigenvalue weighted by molar-refractivity contribution is 7.89. The number of sulfonamides is 1. The van der Waals surface area contributed by atoms with Gasteiger partial charge in [0.15, 0.2) is 0 Å². The first-order valence-electron chi connectivity index (χ1n) is 9.85. The number of fused-ring (bicyclic) bond motifs is 1. The van der Waals surface area contributed by atoms with Crippen LogP contribution < -0.4 is 0 Å². The molecule has 0 spiro atoms. The minimum atomic E-state index is -3.69. The molecule has 0 fully saturated rings. The Labute approximate surface area is 181 Å². The van der Waals surface area contributed by atoms with Gasteiger partial charge in [-0.1, -0.05) is 36.4 Å². The quantitative estimate of drug-likeness (QED) is 0.593. The molecule has 2 heterocycles. The topological polar surface area (TPSA) is 57.7 Å². The van der Waals surface area contributed by atoms with Gasteiger partial charge in [0.05, 0.1) is 10.9 Å². The summed E-state index contributed by atoms with van der Waals surface area (Å²) in [5, 5.41) is 1.98. The lowest BCUT2D eigenvalue weighted by atomic mass is 10.0. The molecular weight excluding hydrogens is 416 g/mol. The molecule has 0 radical (unpaired) electrons. The van der Waals surface area contributed by atoms with Gasteiger partial charge < -0.3 is 4.90 Å². The first-order chi connectivity index (χ1) is 14.4. The van der Waals surface area contributed by atoms with E-state index < -0.39 is 10.0 Å². The summed E-state index contributed by atoms with van der Waals surface area (Å²) in [5.41, 5.74) is 2.60. The van der Waals surface area contributed by atoms with Gasteiger partial charge in [-0.3, -0.25) is 4.79 Å². The Morgan fingerprint density at radius 2 is 1.83 bits per heavy atom. The van der Waals surface area contributed by atoms with Crippen LogP contribution in [0.15, 0.2) is 70.9 Å². The highest BCUT2D eigenvalue weighted by Gasteiger charge is 2.29. The maximum absolute atomic E-state index is 13.3. The maximum Gasteiger partial charge on any atom is 0.254 e. The summed E-state index contributed by atoms with van der Waals surface area (Å²) in [5.74, 6) is -0.197. The summed E-state index contributed by atoms with van der Waals surface area (Å²) in [6.07, 6.45) is 0.690. The van der Waals surface area contributed by atoms with Crippen molar-refractivity contribution in [1.82, 2.24) is 9.21 Å². The Morgan fingerprint density at radius 3 is 2.57 bits per heavy atom. The molecule has 3 aromatic rings. The highest BCUT2D eigenvalue weighted by Crippen LogP contribution is 2.27. The van der Waals surface area contributed by atoms with E-state index in [4.69, 9.17) is 0 Å². The van der Waals surface area contributed by atoms with Gasteiger partial charge in [-0.05, 0) is 54.1 Å². The molecule has 0 saturated heterocycles. The SMILES string of the molecule is CC(c1cccs1)N(C)C(=O)c1cccc(S(=O)(=O)N2CCc3ccccc3C2)c1. The van der Waals surface area contributed by atoms with Crippen molar-refractivity contribution < 1.29 is 13.2 Å². The highest BCUT2D eigenvalue weighted by atomic mass is 32.2. The monoisotopic (exact) mass is 440 g/mol. The lowest BCUT2D eigenvalue weighted by Crippen LogP contribution is -2.36. The third-order valence-corrected chi connectivity index (χ3v) is 8.55. The van der Waals surface area contributed by atoms with Gasteiger partial charge >= 0.3 is 0 Å². The molecule has 2 aromatic carbocycles. The largest absolute Gasteiger partial charge is 0.334 e. The number of thiophene rings is 1. The molecule has 1 amide bonds. The van der Waals surface area contributed by atoms with Gasteiger partial charge in [-0.2, -0.15) is 4.31 Å². The smallest absolute Gasteiger partial charge is 0.254 e. The molecule has 30 heavy (non-hydrogen) atoms.